The summed E-state index contributed by atoms with van der Waals surface area (Å²) in [7, 11) is 0. The van der Waals surface area contributed by atoms with Gasteiger partial charge in [-0.1, -0.05) is 22.0 Å². The van der Waals surface area contributed by atoms with E-state index in [-0.39, 0.29) is 5.91 Å². The highest BCUT2D eigenvalue weighted by Crippen LogP contribution is 2.24. The van der Waals surface area contributed by atoms with Gasteiger partial charge in [0.15, 0.2) is 0 Å². The Morgan fingerprint density at radius 1 is 1.16 bits per heavy atom. The van der Waals surface area contributed by atoms with E-state index in [1.165, 1.54) is 12.1 Å². The van der Waals surface area contributed by atoms with Gasteiger partial charge in [0, 0.05) is 14.5 Å². The molecule has 0 fully saturated rings. The van der Waals surface area contributed by atoms with E-state index in [0.29, 0.717) is 15.7 Å². The minimum absolute atomic E-state index is 0.273. The maximum absolute atomic E-state index is 13.2. The molecule has 0 saturated carbocycles. The summed E-state index contributed by atoms with van der Waals surface area (Å²) in [4.78, 5) is 12.2. The quantitative estimate of drug-likeness (QED) is 0.780. The van der Waals surface area contributed by atoms with Crippen LogP contribution in [0.25, 0.3) is 0 Å². The topological polar surface area (TPSA) is 29.1 Å². The molecule has 1 amide bonds. The number of rotatable bonds is 2. The highest BCUT2D eigenvalue weighted by molar-refractivity contribution is 9.10. The van der Waals surface area contributed by atoms with Gasteiger partial charge in [-0.15, -0.1) is 0 Å². The zero-order chi connectivity index (χ0) is 14.0. The molecule has 19 heavy (non-hydrogen) atoms. The molecule has 2 rings (SSSR count). The Kier molecular flexibility index (Phi) is 4.37. The number of hydrogen-bond donors (Lipinski definition) is 1. The van der Waals surface area contributed by atoms with Crippen LogP contribution in [0.4, 0.5) is 10.1 Å². The predicted molar refractivity (Wildman–Crippen MR) is 80.9 cm³/mol. The lowest BCUT2D eigenvalue weighted by Crippen LogP contribution is -2.14. The fraction of sp³-hybridized carbons (Fsp3) is 0.0714. The number of benzene rings is 2. The van der Waals surface area contributed by atoms with Crippen molar-refractivity contribution < 1.29 is 9.18 Å². The monoisotopic (exact) mass is 385 g/mol. The van der Waals surface area contributed by atoms with Gasteiger partial charge in [-0.3, -0.25) is 4.79 Å². The van der Waals surface area contributed by atoms with Crippen molar-refractivity contribution in [2.24, 2.45) is 0 Å². The van der Waals surface area contributed by atoms with Crippen LogP contribution in [0.5, 0.6) is 0 Å². The maximum atomic E-state index is 13.2. The first kappa shape index (κ1) is 14.2. The Bertz CT molecular complexity index is 643. The van der Waals surface area contributed by atoms with Gasteiger partial charge in [-0.25, -0.2) is 4.39 Å². The van der Waals surface area contributed by atoms with Gasteiger partial charge >= 0.3 is 0 Å². The van der Waals surface area contributed by atoms with Crippen LogP contribution in [0, 0.1) is 12.7 Å². The predicted octanol–water partition coefficient (Wildman–Crippen LogP) is 4.91. The number of amides is 1. The fourth-order valence-corrected chi connectivity index (χ4v) is 2.33. The zero-order valence-corrected chi connectivity index (χ0v) is 13.2. The normalized spacial score (nSPS) is 10.3. The third-order valence-corrected chi connectivity index (χ3v) is 3.81. The standard InChI is InChI=1S/C14H10Br2FNO/c1-8-2-3-9(15)6-11(8)14(19)18-13-7-10(17)4-5-12(13)16/h2-7H,1H3,(H,18,19). The molecule has 0 aliphatic rings. The molecule has 0 saturated heterocycles. The van der Waals surface area contributed by atoms with E-state index in [9.17, 15) is 9.18 Å². The van der Waals surface area contributed by atoms with Gasteiger partial charge in [-0.2, -0.15) is 0 Å². The van der Waals surface area contributed by atoms with E-state index in [1.54, 1.807) is 12.1 Å². The van der Waals surface area contributed by atoms with Crippen LogP contribution in [-0.2, 0) is 0 Å². The number of halogens is 3. The molecule has 1 N–H and O–H groups in total. The van der Waals surface area contributed by atoms with Crippen LogP contribution in [-0.4, -0.2) is 5.91 Å². The second-order valence-electron chi connectivity index (χ2n) is 4.04. The number of hydrogen-bond acceptors (Lipinski definition) is 1. The Morgan fingerprint density at radius 2 is 1.89 bits per heavy atom. The van der Waals surface area contributed by atoms with Gasteiger partial charge in [0.25, 0.3) is 5.91 Å². The number of aryl methyl sites for hydroxylation is 1. The maximum Gasteiger partial charge on any atom is 0.256 e. The molecule has 0 aliphatic heterocycles. The summed E-state index contributed by atoms with van der Waals surface area (Å²) in [6.07, 6.45) is 0. The van der Waals surface area contributed by atoms with Crippen molar-refractivity contribution in [3.63, 3.8) is 0 Å². The van der Waals surface area contributed by atoms with Crippen LogP contribution in [0.3, 0.4) is 0 Å². The number of anilines is 1. The third kappa shape index (κ3) is 3.42. The van der Waals surface area contributed by atoms with Crippen molar-refractivity contribution in [1.29, 1.82) is 0 Å². The number of nitrogens with one attached hydrogen (secondary N) is 1. The summed E-state index contributed by atoms with van der Waals surface area (Å²) in [6.45, 7) is 1.85. The lowest BCUT2D eigenvalue weighted by molar-refractivity contribution is 0.102. The number of carbonyl (C=O) groups is 1. The van der Waals surface area contributed by atoms with Crippen molar-refractivity contribution in [3.05, 3.63) is 62.3 Å². The molecule has 0 unspecified atom stereocenters. The summed E-state index contributed by atoms with van der Waals surface area (Å²) >= 11 is 6.60. The first-order chi connectivity index (χ1) is 8.97. The summed E-state index contributed by atoms with van der Waals surface area (Å²) < 4.78 is 14.6. The van der Waals surface area contributed by atoms with Crippen LogP contribution >= 0.6 is 31.9 Å². The molecule has 0 aliphatic carbocycles. The molecular formula is C14H10Br2FNO. The molecular weight excluding hydrogens is 377 g/mol. The Labute approximate surface area is 127 Å². The van der Waals surface area contributed by atoms with Gasteiger partial charge in [0.05, 0.1) is 5.69 Å². The summed E-state index contributed by atoms with van der Waals surface area (Å²) in [6, 6.07) is 9.60. The Morgan fingerprint density at radius 3 is 2.63 bits per heavy atom. The van der Waals surface area contributed by atoms with E-state index < -0.39 is 5.82 Å². The zero-order valence-electron chi connectivity index (χ0n) is 10.0. The van der Waals surface area contributed by atoms with Crippen LogP contribution in [0.1, 0.15) is 15.9 Å². The minimum atomic E-state index is -0.399. The molecule has 0 atom stereocenters. The third-order valence-electron chi connectivity index (χ3n) is 2.62. The first-order valence-electron chi connectivity index (χ1n) is 5.50. The van der Waals surface area contributed by atoms with Gasteiger partial charge < -0.3 is 5.32 Å². The van der Waals surface area contributed by atoms with Crippen molar-refractivity contribution in [3.8, 4) is 0 Å². The van der Waals surface area contributed by atoms with Gasteiger partial charge in [0.2, 0.25) is 0 Å². The second-order valence-corrected chi connectivity index (χ2v) is 5.81. The van der Waals surface area contributed by atoms with E-state index in [2.05, 4.69) is 37.2 Å². The van der Waals surface area contributed by atoms with Crippen molar-refractivity contribution in [2.45, 2.75) is 6.92 Å². The van der Waals surface area contributed by atoms with E-state index >= 15 is 0 Å². The smallest absolute Gasteiger partial charge is 0.256 e. The molecule has 0 radical (unpaired) electrons. The first-order valence-corrected chi connectivity index (χ1v) is 7.08. The highest BCUT2D eigenvalue weighted by Gasteiger charge is 2.12. The largest absolute Gasteiger partial charge is 0.321 e. The van der Waals surface area contributed by atoms with Crippen molar-refractivity contribution >= 4 is 43.5 Å². The lowest BCUT2D eigenvalue weighted by Gasteiger charge is -2.09. The molecule has 98 valence electrons. The molecule has 2 aromatic rings. The lowest BCUT2D eigenvalue weighted by atomic mass is 10.1. The van der Waals surface area contributed by atoms with E-state index in [4.69, 9.17) is 0 Å². The minimum Gasteiger partial charge on any atom is -0.321 e. The van der Waals surface area contributed by atoms with Gasteiger partial charge in [0.1, 0.15) is 5.82 Å². The Hall–Kier alpha value is -1.20. The van der Waals surface area contributed by atoms with E-state index in [0.717, 1.165) is 10.0 Å². The van der Waals surface area contributed by atoms with Crippen molar-refractivity contribution in [2.75, 3.05) is 5.32 Å². The molecule has 0 heterocycles. The molecule has 0 aromatic heterocycles. The average molecular weight is 387 g/mol. The molecule has 0 bridgehead atoms. The fourth-order valence-electron chi connectivity index (χ4n) is 1.62. The summed E-state index contributed by atoms with van der Waals surface area (Å²) in [5.41, 5.74) is 1.81. The van der Waals surface area contributed by atoms with Gasteiger partial charge in [-0.05, 0) is 58.7 Å². The van der Waals surface area contributed by atoms with Crippen LogP contribution in [0.2, 0.25) is 0 Å². The molecule has 0 spiro atoms. The summed E-state index contributed by atoms with van der Waals surface area (Å²) in [5.74, 6) is -0.672. The second kappa shape index (κ2) is 5.84. The molecule has 5 heteroatoms. The van der Waals surface area contributed by atoms with Crippen LogP contribution < -0.4 is 5.32 Å². The Balaban J connectivity index is 2.30. The van der Waals surface area contributed by atoms with Crippen LogP contribution in [0.15, 0.2) is 45.3 Å². The number of carbonyl (C=O) groups excluding carboxylic acids is 1. The summed E-state index contributed by atoms with van der Waals surface area (Å²) in [5, 5.41) is 2.69. The van der Waals surface area contributed by atoms with E-state index in [1.807, 2.05) is 19.1 Å². The molecule has 2 nitrogen and oxygen atoms in total. The SMILES string of the molecule is Cc1ccc(Br)cc1C(=O)Nc1cc(F)ccc1Br. The van der Waals surface area contributed by atoms with Crippen molar-refractivity contribution in [1.82, 2.24) is 0 Å². The average Bonchev–Trinajstić information content (AvgIpc) is 2.36. The highest BCUT2D eigenvalue weighted by atomic mass is 79.9. The molecule has 2 aromatic carbocycles.